The molecule has 3 nitrogen and oxygen atoms in total. The van der Waals surface area contributed by atoms with Crippen LogP contribution in [0.25, 0.3) is 0 Å². The maximum absolute atomic E-state index is 5.92. The lowest BCUT2D eigenvalue weighted by Gasteiger charge is -2.36. The van der Waals surface area contributed by atoms with Crippen molar-refractivity contribution in [3.63, 3.8) is 0 Å². The molecule has 0 heterocycles. The zero-order valence-electron chi connectivity index (χ0n) is 14.6. The van der Waals surface area contributed by atoms with Crippen molar-refractivity contribution in [3.05, 3.63) is 29.3 Å². The molecule has 0 bridgehead atoms. The molecule has 120 valence electrons. The van der Waals surface area contributed by atoms with E-state index in [9.17, 15) is 0 Å². The third-order valence-corrected chi connectivity index (χ3v) is 4.08. The van der Waals surface area contributed by atoms with Gasteiger partial charge in [-0.25, -0.2) is 0 Å². The predicted octanol–water partition coefficient (Wildman–Crippen LogP) is 3.76. The lowest BCUT2D eigenvalue weighted by Crippen LogP contribution is -2.40. The molecule has 1 rings (SSSR count). The molecule has 0 aliphatic heterocycles. The minimum Gasteiger partial charge on any atom is -0.496 e. The number of aryl methyl sites for hydroxylation is 1. The molecule has 1 aromatic carbocycles. The van der Waals surface area contributed by atoms with Gasteiger partial charge in [0.05, 0.1) is 7.11 Å². The number of ether oxygens (including phenoxy) is 1. The Bertz CT molecular complexity index is 443. The summed E-state index contributed by atoms with van der Waals surface area (Å²) in [4.78, 5) is 2.52. The van der Waals surface area contributed by atoms with Gasteiger partial charge in [0.1, 0.15) is 5.75 Å². The number of rotatable bonds is 8. The van der Waals surface area contributed by atoms with Gasteiger partial charge in [0.2, 0.25) is 0 Å². The molecule has 0 fully saturated rings. The molecule has 0 amide bonds. The van der Waals surface area contributed by atoms with E-state index in [4.69, 9.17) is 10.5 Å². The van der Waals surface area contributed by atoms with E-state index in [1.165, 1.54) is 11.1 Å². The highest BCUT2D eigenvalue weighted by Gasteiger charge is 2.25. The van der Waals surface area contributed by atoms with Crippen LogP contribution in [-0.4, -0.2) is 31.6 Å². The number of benzene rings is 1. The molecule has 1 unspecified atom stereocenters. The second-order valence-electron chi connectivity index (χ2n) is 6.76. The molecule has 2 N–H and O–H groups in total. The van der Waals surface area contributed by atoms with Gasteiger partial charge < -0.3 is 10.5 Å². The van der Waals surface area contributed by atoms with Crippen LogP contribution in [0.4, 0.5) is 0 Å². The van der Waals surface area contributed by atoms with Gasteiger partial charge in [0.15, 0.2) is 0 Å². The highest BCUT2D eigenvalue weighted by Crippen LogP contribution is 2.32. The Morgan fingerprint density at radius 2 is 2.00 bits per heavy atom. The Kier molecular flexibility index (Phi) is 6.69. The lowest BCUT2D eigenvalue weighted by atomic mass is 9.91. The fourth-order valence-electron chi connectivity index (χ4n) is 2.69. The molecule has 0 saturated heterocycles. The zero-order valence-corrected chi connectivity index (χ0v) is 14.6. The van der Waals surface area contributed by atoms with Crippen LogP contribution in [-0.2, 0) is 0 Å². The maximum Gasteiger partial charge on any atom is 0.123 e. The van der Waals surface area contributed by atoms with Gasteiger partial charge in [0, 0.05) is 18.2 Å². The fourth-order valence-corrected chi connectivity index (χ4v) is 2.69. The molecule has 0 radical (unpaired) electrons. The topological polar surface area (TPSA) is 38.5 Å². The van der Waals surface area contributed by atoms with E-state index in [-0.39, 0.29) is 5.41 Å². The monoisotopic (exact) mass is 292 g/mol. The van der Waals surface area contributed by atoms with Crippen LogP contribution in [0.5, 0.6) is 5.75 Å². The van der Waals surface area contributed by atoms with Crippen molar-refractivity contribution in [1.82, 2.24) is 4.90 Å². The molecule has 1 atom stereocenters. The fraction of sp³-hybridized carbons (Fsp3) is 0.667. The normalized spacial score (nSPS) is 13.5. The van der Waals surface area contributed by atoms with Crippen molar-refractivity contribution in [1.29, 1.82) is 0 Å². The van der Waals surface area contributed by atoms with Gasteiger partial charge in [-0.1, -0.05) is 38.5 Å². The van der Waals surface area contributed by atoms with Crippen molar-refractivity contribution in [2.24, 2.45) is 11.1 Å². The van der Waals surface area contributed by atoms with E-state index in [0.29, 0.717) is 12.6 Å². The first-order chi connectivity index (χ1) is 9.84. The molecule has 0 spiro atoms. The van der Waals surface area contributed by atoms with Gasteiger partial charge in [-0.15, -0.1) is 0 Å². The van der Waals surface area contributed by atoms with Crippen molar-refractivity contribution in [2.75, 3.05) is 26.7 Å². The third kappa shape index (κ3) is 5.01. The summed E-state index contributed by atoms with van der Waals surface area (Å²) >= 11 is 0. The molecule has 0 aliphatic rings. The molecule has 1 aromatic rings. The average molecular weight is 292 g/mol. The molecule has 0 aromatic heterocycles. The smallest absolute Gasteiger partial charge is 0.123 e. The highest BCUT2D eigenvalue weighted by molar-refractivity contribution is 5.39. The standard InChI is InChI=1S/C18H32N2O/c1-7-10-20(13-18(4,5)12-19)15(3)16-11-14(2)8-9-17(16)21-6/h8-9,11,15H,7,10,12-13,19H2,1-6H3. The SMILES string of the molecule is CCCN(CC(C)(C)CN)C(C)c1cc(C)ccc1OC. The van der Waals surface area contributed by atoms with Crippen molar-refractivity contribution < 1.29 is 4.74 Å². The van der Waals surface area contributed by atoms with Crippen LogP contribution < -0.4 is 10.5 Å². The molecule has 3 heteroatoms. The Morgan fingerprint density at radius 3 is 2.52 bits per heavy atom. The van der Waals surface area contributed by atoms with Gasteiger partial charge in [-0.05, 0) is 44.8 Å². The quantitative estimate of drug-likeness (QED) is 0.793. The van der Waals surface area contributed by atoms with Crippen molar-refractivity contribution in [2.45, 2.75) is 47.1 Å². The zero-order chi connectivity index (χ0) is 16.0. The second kappa shape index (κ2) is 7.81. The summed E-state index contributed by atoms with van der Waals surface area (Å²) in [5.41, 5.74) is 8.58. The molecule has 0 aliphatic carbocycles. The summed E-state index contributed by atoms with van der Waals surface area (Å²) in [6.45, 7) is 13.8. The highest BCUT2D eigenvalue weighted by atomic mass is 16.5. The van der Waals surface area contributed by atoms with Crippen LogP contribution >= 0.6 is 0 Å². The van der Waals surface area contributed by atoms with Crippen LogP contribution in [0.1, 0.15) is 51.3 Å². The summed E-state index contributed by atoms with van der Waals surface area (Å²) in [5.74, 6) is 0.972. The molecule has 21 heavy (non-hydrogen) atoms. The van der Waals surface area contributed by atoms with Gasteiger partial charge in [-0.2, -0.15) is 0 Å². The summed E-state index contributed by atoms with van der Waals surface area (Å²) in [6, 6.07) is 6.73. The van der Waals surface area contributed by atoms with E-state index >= 15 is 0 Å². The van der Waals surface area contributed by atoms with E-state index in [1.54, 1.807) is 7.11 Å². The Balaban J connectivity index is 3.05. The Morgan fingerprint density at radius 1 is 1.33 bits per heavy atom. The Hall–Kier alpha value is -1.06. The summed E-state index contributed by atoms with van der Waals surface area (Å²) in [6.07, 6.45) is 1.14. The summed E-state index contributed by atoms with van der Waals surface area (Å²) < 4.78 is 5.55. The summed E-state index contributed by atoms with van der Waals surface area (Å²) in [5, 5.41) is 0. The van der Waals surface area contributed by atoms with E-state index in [0.717, 1.165) is 25.3 Å². The maximum atomic E-state index is 5.92. The first-order valence-electron chi connectivity index (χ1n) is 7.93. The predicted molar refractivity (Wildman–Crippen MR) is 90.8 cm³/mol. The second-order valence-corrected chi connectivity index (χ2v) is 6.76. The van der Waals surface area contributed by atoms with Crippen molar-refractivity contribution >= 4 is 0 Å². The molecular formula is C18H32N2O. The number of hydrogen-bond donors (Lipinski definition) is 1. The minimum atomic E-state index is 0.125. The molecular weight excluding hydrogens is 260 g/mol. The van der Waals surface area contributed by atoms with E-state index in [2.05, 4.69) is 57.7 Å². The van der Waals surface area contributed by atoms with Crippen LogP contribution in [0.2, 0.25) is 0 Å². The van der Waals surface area contributed by atoms with Crippen LogP contribution in [0, 0.1) is 12.3 Å². The number of methoxy groups -OCH3 is 1. The number of nitrogens with two attached hydrogens (primary N) is 1. The first-order valence-corrected chi connectivity index (χ1v) is 7.93. The number of nitrogens with zero attached hydrogens (tertiary/aromatic N) is 1. The van der Waals surface area contributed by atoms with Gasteiger partial charge >= 0.3 is 0 Å². The average Bonchev–Trinajstić information content (AvgIpc) is 2.46. The number of hydrogen-bond acceptors (Lipinski definition) is 3. The van der Waals surface area contributed by atoms with Crippen LogP contribution in [0.3, 0.4) is 0 Å². The third-order valence-electron chi connectivity index (χ3n) is 4.08. The van der Waals surface area contributed by atoms with E-state index < -0.39 is 0 Å². The lowest BCUT2D eigenvalue weighted by molar-refractivity contribution is 0.139. The van der Waals surface area contributed by atoms with E-state index in [1.807, 2.05) is 0 Å². The summed E-state index contributed by atoms with van der Waals surface area (Å²) in [7, 11) is 1.74. The first kappa shape index (κ1) is 18.0. The largest absolute Gasteiger partial charge is 0.496 e. The van der Waals surface area contributed by atoms with Crippen LogP contribution in [0.15, 0.2) is 18.2 Å². The van der Waals surface area contributed by atoms with Gasteiger partial charge in [-0.3, -0.25) is 4.90 Å². The minimum absolute atomic E-state index is 0.125. The van der Waals surface area contributed by atoms with Gasteiger partial charge in [0.25, 0.3) is 0 Å². The Labute approximate surface area is 130 Å². The molecule has 0 saturated carbocycles. The van der Waals surface area contributed by atoms with Crippen molar-refractivity contribution in [3.8, 4) is 5.75 Å².